The van der Waals surface area contributed by atoms with Crippen molar-refractivity contribution < 1.29 is 0 Å². The standard InChI is InChI=1S/C30H52N2/c1-4-6-8-9-10-11-12-13-14-15-16-17-19-22-28(3)32-27-26-31-29(32)30(23-7-5-2)24-20-18-21-25-30/h18,20-21,24,26-28H,4-17,19,22-23,25H2,1-3H3. The molecule has 1 aliphatic carbocycles. The molecule has 2 unspecified atom stereocenters. The van der Waals surface area contributed by atoms with Gasteiger partial charge in [0.05, 0.1) is 5.41 Å². The van der Waals surface area contributed by atoms with Crippen LogP contribution in [0.4, 0.5) is 0 Å². The average Bonchev–Trinajstić information content (AvgIpc) is 3.32. The summed E-state index contributed by atoms with van der Waals surface area (Å²) in [7, 11) is 0. The molecule has 2 rings (SSSR count). The van der Waals surface area contributed by atoms with Gasteiger partial charge in [0.25, 0.3) is 0 Å². The summed E-state index contributed by atoms with van der Waals surface area (Å²) < 4.78 is 2.49. The molecule has 1 aromatic heterocycles. The van der Waals surface area contributed by atoms with E-state index in [2.05, 4.69) is 55.8 Å². The van der Waals surface area contributed by atoms with Crippen LogP contribution < -0.4 is 0 Å². The van der Waals surface area contributed by atoms with Crippen LogP contribution in [-0.4, -0.2) is 9.55 Å². The highest BCUT2D eigenvalue weighted by molar-refractivity contribution is 5.28. The predicted octanol–water partition coefficient (Wildman–Crippen LogP) is 9.87. The van der Waals surface area contributed by atoms with E-state index in [-0.39, 0.29) is 5.41 Å². The molecular weight excluding hydrogens is 388 g/mol. The van der Waals surface area contributed by atoms with Gasteiger partial charge in [-0.1, -0.05) is 134 Å². The Morgan fingerprint density at radius 2 is 1.41 bits per heavy atom. The Morgan fingerprint density at radius 1 is 0.812 bits per heavy atom. The molecule has 2 atom stereocenters. The lowest BCUT2D eigenvalue weighted by Crippen LogP contribution is -2.29. The number of imidazole rings is 1. The van der Waals surface area contributed by atoms with E-state index in [0.717, 1.165) is 6.42 Å². The maximum atomic E-state index is 4.88. The van der Waals surface area contributed by atoms with Crippen molar-refractivity contribution in [1.82, 2.24) is 9.55 Å². The zero-order chi connectivity index (χ0) is 22.9. The predicted molar refractivity (Wildman–Crippen MR) is 141 cm³/mol. The Labute approximate surface area is 200 Å². The Balaban J connectivity index is 1.63. The van der Waals surface area contributed by atoms with Crippen molar-refractivity contribution in [3.05, 3.63) is 42.5 Å². The number of nitrogens with zero attached hydrogens (tertiary/aromatic N) is 2. The fraction of sp³-hybridized carbons (Fsp3) is 0.767. The third-order valence-electron chi connectivity index (χ3n) is 7.44. The smallest absolute Gasteiger partial charge is 0.119 e. The van der Waals surface area contributed by atoms with E-state index in [1.54, 1.807) is 0 Å². The first-order valence-electron chi connectivity index (χ1n) is 14.1. The minimum Gasteiger partial charge on any atom is -0.331 e. The van der Waals surface area contributed by atoms with Crippen LogP contribution in [0.5, 0.6) is 0 Å². The number of unbranched alkanes of at least 4 members (excludes halogenated alkanes) is 13. The summed E-state index contributed by atoms with van der Waals surface area (Å²) in [6.07, 6.45) is 38.0. The second-order valence-electron chi connectivity index (χ2n) is 10.3. The largest absolute Gasteiger partial charge is 0.331 e. The van der Waals surface area contributed by atoms with Crippen molar-refractivity contribution in [2.24, 2.45) is 0 Å². The molecule has 0 aromatic carbocycles. The molecule has 0 saturated heterocycles. The highest BCUT2D eigenvalue weighted by Crippen LogP contribution is 2.38. The quantitative estimate of drug-likeness (QED) is 0.196. The first kappa shape index (κ1) is 26.9. The summed E-state index contributed by atoms with van der Waals surface area (Å²) in [5, 5.41) is 0. The van der Waals surface area contributed by atoms with Gasteiger partial charge in [0.15, 0.2) is 0 Å². The van der Waals surface area contributed by atoms with Gasteiger partial charge >= 0.3 is 0 Å². The van der Waals surface area contributed by atoms with Crippen LogP contribution in [0, 0.1) is 0 Å². The van der Waals surface area contributed by atoms with Crippen molar-refractivity contribution in [3.8, 4) is 0 Å². The number of rotatable bonds is 19. The van der Waals surface area contributed by atoms with Gasteiger partial charge in [-0.2, -0.15) is 0 Å². The molecule has 0 saturated carbocycles. The highest BCUT2D eigenvalue weighted by Gasteiger charge is 2.33. The molecule has 0 fully saturated rings. The van der Waals surface area contributed by atoms with Gasteiger partial charge in [0.1, 0.15) is 5.82 Å². The number of allylic oxidation sites excluding steroid dienone is 4. The third-order valence-corrected chi connectivity index (χ3v) is 7.44. The molecule has 1 heterocycles. The number of aromatic nitrogens is 2. The molecule has 2 heteroatoms. The molecule has 32 heavy (non-hydrogen) atoms. The summed E-state index contributed by atoms with van der Waals surface area (Å²) in [6.45, 7) is 6.98. The number of hydrogen-bond acceptors (Lipinski definition) is 1. The second kappa shape index (κ2) is 16.3. The first-order valence-corrected chi connectivity index (χ1v) is 14.1. The van der Waals surface area contributed by atoms with Gasteiger partial charge < -0.3 is 4.57 Å². The molecule has 0 amide bonds. The first-order chi connectivity index (χ1) is 15.7. The summed E-state index contributed by atoms with van der Waals surface area (Å²) >= 11 is 0. The summed E-state index contributed by atoms with van der Waals surface area (Å²) in [6, 6.07) is 0.540. The molecule has 0 bridgehead atoms. The summed E-state index contributed by atoms with van der Waals surface area (Å²) in [5.41, 5.74) is 0.0958. The van der Waals surface area contributed by atoms with E-state index < -0.39 is 0 Å². The van der Waals surface area contributed by atoms with Crippen LogP contribution >= 0.6 is 0 Å². The number of hydrogen-bond donors (Lipinski definition) is 0. The Hall–Kier alpha value is -1.31. The zero-order valence-electron chi connectivity index (χ0n) is 21.7. The van der Waals surface area contributed by atoms with E-state index in [9.17, 15) is 0 Å². The van der Waals surface area contributed by atoms with Gasteiger partial charge in [-0.25, -0.2) is 4.98 Å². The molecule has 0 aliphatic heterocycles. The minimum atomic E-state index is 0.0958. The van der Waals surface area contributed by atoms with Crippen molar-refractivity contribution in [2.75, 3.05) is 0 Å². The van der Waals surface area contributed by atoms with Crippen LogP contribution in [-0.2, 0) is 5.41 Å². The lowest BCUT2D eigenvalue weighted by molar-refractivity contribution is 0.385. The van der Waals surface area contributed by atoms with Gasteiger partial charge in [0.2, 0.25) is 0 Å². The molecule has 0 N–H and O–H groups in total. The van der Waals surface area contributed by atoms with Crippen molar-refractivity contribution in [3.63, 3.8) is 0 Å². The zero-order valence-corrected chi connectivity index (χ0v) is 21.7. The van der Waals surface area contributed by atoms with Crippen LogP contribution in [0.2, 0.25) is 0 Å². The Bertz CT molecular complexity index is 641. The van der Waals surface area contributed by atoms with Crippen molar-refractivity contribution in [1.29, 1.82) is 0 Å². The monoisotopic (exact) mass is 440 g/mol. The Morgan fingerprint density at radius 3 is 1.97 bits per heavy atom. The summed E-state index contributed by atoms with van der Waals surface area (Å²) in [4.78, 5) is 4.88. The molecule has 182 valence electrons. The minimum absolute atomic E-state index is 0.0958. The maximum Gasteiger partial charge on any atom is 0.119 e. The highest BCUT2D eigenvalue weighted by atomic mass is 15.1. The third kappa shape index (κ3) is 9.28. The van der Waals surface area contributed by atoms with E-state index in [1.807, 2.05) is 6.20 Å². The normalized spacial score (nSPS) is 19.0. The fourth-order valence-corrected chi connectivity index (χ4v) is 5.27. The van der Waals surface area contributed by atoms with Crippen LogP contribution in [0.3, 0.4) is 0 Å². The van der Waals surface area contributed by atoms with Gasteiger partial charge in [-0.05, 0) is 26.2 Å². The summed E-state index contributed by atoms with van der Waals surface area (Å²) in [5.74, 6) is 1.29. The van der Waals surface area contributed by atoms with Crippen LogP contribution in [0.15, 0.2) is 36.7 Å². The van der Waals surface area contributed by atoms with E-state index in [1.165, 1.54) is 115 Å². The van der Waals surface area contributed by atoms with Gasteiger partial charge in [-0.15, -0.1) is 0 Å². The molecule has 2 nitrogen and oxygen atoms in total. The SMILES string of the molecule is CCCCCCCCCCCCCCCC(C)n1ccnc1C1(CCCC)C=CC=CC1. The van der Waals surface area contributed by atoms with Crippen LogP contribution in [0.25, 0.3) is 0 Å². The maximum absolute atomic E-state index is 4.88. The van der Waals surface area contributed by atoms with E-state index in [4.69, 9.17) is 4.98 Å². The second-order valence-corrected chi connectivity index (χ2v) is 10.3. The molecule has 0 radical (unpaired) electrons. The Kier molecular flexibility index (Phi) is 13.7. The molecule has 0 spiro atoms. The van der Waals surface area contributed by atoms with Crippen molar-refractivity contribution in [2.45, 2.75) is 148 Å². The van der Waals surface area contributed by atoms with E-state index >= 15 is 0 Å². The van der Waals surface area contributed by atoms with Gasteiger partial charge in [-0.3, -0.25) is 0 Å². The lowest BCUT2D eigenvalue weighted by Gasteiger charge is -2.33. The molecule has 1 aliphatic rings. The van der Waals surface area contributed by atoms with Crippen molar-refractivity contribution >= 4 is 0 Å². The van der Waals surface area contributed by atoms with Crippen LogP contribution in [0.1, 0.15) is 148 Å². The van der Waals surface area contributed by atoms with E-state index in [0.29, 0.717) is 6.04 Å². The average molecular weight is 441 g/mol. The fourth-order valence-electron chi connectivity index (χ4n) is 5.27. The topological polar surface area (TPSA) is 17.8 Å². The molecule has 1 aromatic rings. The lowest BCUT2D eigenvalue weighted by atomic mass is 9.76. The molecular formula is C30H52N2. The van der Waals surface area contributed by atoms with Gasteiger partial charge in [0, 0.05) is 18.4 Å².